The minimum absolute atomic E-state index is 0.535. The van der Waals surface area contributed by atoms with Crippen molar-refractivity contribution in [3.63, 3.8) is 0 Å². The van der Waals surface area contributed by atoms with Crippen LogP contribution in [0.4, 0.5) is 0 Å². The smallest absolute Gasteiger partial charge is 0.335 e. The average molecular weight is 449 g/mol. The van der Waals surface area contributed by atoms with E-state index in [1.165, 1.54) is 39.3 Å². The summed E-state index contributed by atoms with van der Waals surface area (Å²) in [7, 11) is -4.64. The summed E-state index contributed by atoms with van der Waals surface area (Å²) in [4.78, 5) is 25.1. The third kappa shape index (κ3) is 12.5. The van der Waals surface area contributed by atoms with Gasteiger partial charge in [-0.15, -0.1) is 0 Å². The van der Waals surface area contributed by atoms with Crippen LogP contribution in [0.15, 0.2) is 23.1 Å². The molecule has 0 fully saturated rings. The molecule has 0 radical (unpaired) electrons. The Labute approximate surface area is 180 Å². The van der Waals surface area contributed by atoms with Crippen LogP contribution in [0.1, 0.15) is 62.3 Å². The molecule has 1 rings (SSSR count). The molecular formula is C20H36N2O7S. The predicted molar refractivity (Wildman–Crippen MR) is 117 cm³/mol. The maximum absolute atomic E-state index is 10.8. The van der Waals surface area contributed by atoms with Gasteiger partial charge in [-0.1, -0.05) is 41.5 Å². The highest BCUT2D eigenvalue weighted by molar-refractivity contribution is 7.85. The quantitative estimate of drug-likeness (QED) is 0.487. The molecule has 3 N–H and O–H groups in total. The summed E-state index contributed by atoms with van der Waals surface area (Å²) in [5.41, 5.74) is -1.07. The molecule has 1 aromatic rings. The number of hydrogen-bond donors (Lipinski definition) is 3. The van der Waals surface area contributed by atoms with E-state index in [0.717, 1.165) is 6.07 Å². The molecule has 0 aromatic heterocycles. The molecule has 0 heterocycles. The molecule has 9 nitrogen and oxygen atoms in total. The molecule has 0 amide bonds. The average Bonchev–Trinajstić information content (AvgIpc) is 2.70. The molecule has 0 saturated carbocycles. The summed E-state index contributed by atoms with van der Waals surface area (Å²) >= 11 is 0. The summed E-state index contributed by atoms with van der Waals surface area (Å²) in [6.07, 6.45) is 0. The number of hydrogen-bond acceptors (Lipinski definition) is 6. The lowest BCUT2D eigenvalue weighted by atomic mass is 10.1. The van der Waals surface area contributed by atoms with E-state index in [1.54, 1.807) is 0 Å². The van der Waals surface area contributed by atoms with E-state index in [0.29, 0.717) is 12.1 Å². The van der Waals surface area contributed by atoms with Crippen LogP contribution in [0.3, 0.4) is 0 Å². The van der Waals surface area contributed by atoms with Crippen LogP contribution in [0.2, 0.25) is 0 Å². The van der Waals surface area contributed by atoms with Crippen molar-refractivity contribution >= 4 is 22.1 Å². The van der Waals surface area contributed by atoms with Gasteiger partial charge >= 0.3 is 11.9 Å². The summed E-state index contributed by atoms with van der Waals surface area (Å²) in [5, 5.41) is 17.2. The molecule has 30 heavy (non-hydrogen) atoms. The molecule has 0 saturated heterocycles. The zero-order chi connectivity index (χ0) is 23.9. The lowest BCUT2D eigenvalue weighted by Crippen LogP contribution is -2.21. The first-order chi connectivity index (χ1) is 13.9. The molecule has 0 aliphatic rings. The largest absolute Gasteiger partial charge is 0.478 e. The summed E-state index contributed by atoms with van der Waals surface area (Å²) in [6, 6.07) is 2.13. The third-order valence-corrected chi connectivity index (χ3v) is 5.21. The normalized spacial score (nSPS) is 10.7. The van der Waals surface area contributed by atoms with Gasteiger partial charge in [-0.2, -0.15) is 8.42 Å². The summed E-state index contributed by atoms with van der Waals surface area (Å²) in [6.45, 7) is 20.2. The Bertz CT molecular complexity index is 688. The SMILES string of the molecule is CCN(CC)CC.CCN(CC)CC.O=C(O)c1cc(C(=O)O)cc(S(=O)(=O)O)c1. The van der Waals surface area contributed by atoms with Crippen molar-refractivity contribution in [3.05, 3.63) is 29.3 Å². The first-order valence-corrected chi connectivity index (χ1v) is 11.4. The Hall–Kier alpha value is -2.01. The lowest BCUT2D eigenvalue weighted by Gasteiger charge is -2.13. The number of carboxylic acids is 2. The van der Waals surface area contributed by atoms with Crippen LogP contribution in [0.5, 0.6) is 0 Å². The van der Waals surface area contributed by atoms with Crippen LogP contribution in [0.25, 0.3) is 0 Å². The first-order valence-electron chi connectivity index (χ1n) is 9.95. The van der Waals surface area contributed by atoms with Gasteiger partial charge in [0, 0.05) is 0 Å². The summed E-state index contributed by atoms with van der Waals surface area (Å²) in [5.74, 6) is -2.99. The van der Waals surface area contributed by atoms with Gasteiger partial charge in [-0.3, -0.25) is 4.55 Å². The van der Waals surface area contributed by atoms with Gasteiger partial charge in [-0.25, -0.2) is 9.59 Å². The highest BCUT2D eigenvalue weighted by atomic mass is 32.2. The number of rotatable bonds is 9. The summed E-state index contributed by atoms with van der Waals surface area (Å²) < 4.78 is 30.2. The fourth-order valence-electron chi connectivity index (χ4n) is 2.34. The van der Waals surface area contributed by atoms with Crippen molar-refractivity contribution in [2.75, 3.05) is 39.3 Å². The van der Waals surface area contributed by atoms with E-state index >= 15 is 0 Å². The Morgan fingerprint density at radius 1 is 0.700 bits per heavy atom. The van der Waals surface area contributed by atoms with Crippen LogP contribution in [-0.2, 0) is 10.1 Å². The Morgan fingerprint density at radius 3 is 1.10 bits per heavy atom. The first kappa shape index (κ1) is 30.2. The molecule has 10 heteroatoms. The number of aromatic carboxylic acids is 2. The fraction of sp³-hybridized carbons (Fsp3) is 0.600. The highest BCUT2D eigenvalue weighted by Gasteiger charge is 2.17. The fourth-order valence-corrected chi connectivity index (χ4v) is 2.89. The standard InChI is InChI=1S/C8H6O7S.2C6H15N/c9-7(10)4-1-5(8(11)12)3-6(2-4)16(13,14)15;2*1-4-7(5-2)6-3/h1-3H,(H,9,10)(H,11,12)(H,13,14,15);2*4-6H2,1-3H3. The second-order valence-corrected chi connectivity index (χ2v) is 7.49. The lowest BCUT2D eigenvalue weighted by molar-refractivity contribution is 0.0696. The van der Waals surface area contributed by atoms with E-state index in [9.17, 15) is 18.0 Å². The van der Waals surface area contributed by atoms with Crippen molar-refractivity contribution in [2.24, 2.45) is 0 Å². The molecule has 174 valence electrons. The Balaban J connectivity index is 0. The molecule has 1 aromatic carbocycles. The van der Waals surface area contributed by atoms with Crippen molar-refractivity contribution in [1.82, 2.24) is 9.80 Å². The van der Waals surface area contributed by atoms with E-state index in [4.69, 9.17) is 14.8 Å². The van der Waals surface area contributed by atoms with Crippen LogP contribution in [-0.4, -0.2) is 84.2 Å². The van der Waals surface area contributed by atoms with Crippen LogP contribution < -0.4 is 0 Å². The van der Waals surface area contributed by atoms with Crippen molar-refractivity contribution in [1.29, 1.82) is 0 Å². The Morgan fingerprint density at radius 2 is 0.967 bits per heavy atom. The topological polar surface area (TPSA) is 135 Å². The maximum Gasteiger partial charge on any atom is 0.335 e. The van der Waals surface area contributed by atoms with E-state index < -0.39 is 38.1 Å². The molecule has 0 aliphatic carbocycles. The molecule has 0 atom stereocenters. The van der Waals surface area contributed by atoms with Gasteiger partial charge in [0.25, 0.3) is 10.1 Å². The second kappa shape index (κ2) is 15.8. The predicted octanol–water partition coefficient (Wildman–Crippen LogP) is 3.03. The monoisotopic (exact) mass is 448 g/mol. The minimum Gasteiger partial charge on any atom is -0.478 e. The van der Waals surface area contributed by atoms with Crippen molar-refractivity contribution < 1.29 is 32.8 Å². The van der Waals surface area contributed by atoms with Crippen LogP contribution >= 0.6 is 0 Å². The van der Waals surface area contributed by atoms with Crippen molar-refractivity contribution in [2.45, 2.75) is 46.4 Å². The molecule has 0 unspecified atom stereocenters. The van der Waals surface area contributed by atoms with Gasteiger partial charge in [0.15, 0.2) is 0 Å². The molecular weight excluding hydrogens is 412 g/mol. The van der Waals surface area contributed by atoms with Crippen molar-refractivity contribution in [3.8, 4) is 0 Å². The van der Waals surface area contributed by atoms with Gasteiger partial charge < -0.3 is 20.0 Å². The maximum atomic E-state index is 10.8. The van der Waals surface area contributed by atoms with E-state index in [2.05, 4.69) is 51.3 Å². The zero-order valence-electron chi connectivity index (χ0n) is 18.8. The van der Waals surface area contributed by atoms with Gasteiger partial charge in [-0.05, 0) is 57.5 Å². The third-order valence-electron chi connectivity index (χ3n) is 4.38. The van der Waals surface area contributed by atoms with Gasteiger partial charge in [0.05, 0.1) is 16.0 Å². The molecule has 0 bridgehead atoms. The van der Waals surface area contributed by atoms with E-state index in [-0.39, 0.29) is 0 Å². The van der Waals surface area contributed by atoms with Gasteiger partial charge in [0.1, 0.15) is 0 Å². The second-order valence-electron chi connectivity index (χ2n) is 6.07. The number of carboxylic acid groups (broad SMARTS) is 2. The van der Waals surface area contributed by atoms with Crippen LogP contribution in [0, 0.1) is 0 Å². The zero-order valence-corrected chi connectivity index (χ0v) is 19.6. The number of benzene rings is 1. The number of carbonyl (C=O) groups is 2. The minimum atomic E-state index is -4.64. The Kier molecular flexibility index (Phi) is 15.9. The number of nitrogens with zero attached hydrogens (tertiary/aromatic N) is 2. The highest BCUT2D eigenvalue weighted by Crippen LogP contribution is 2.15. The molecule has 0 aliphatic heterocycles. The van der Waals surface area contributed by atoms with E-state index in [1.807, 2.05) is 0 Å². The van der Waals surface area contributed by atoms with Gasteiger partial charge in [0.2, 0.25) is 0 Å². The molecule has 0 spiro atoms.